The average molecular weight is 374 g/mol. The predicted octanol–water partition coefficient (Wildman–Crippen LogP) is 3.67. The fourth-order valence-corrected chi connectivity index (χ4v) is 3.65. The molecule has 2 fully saturated rings. The van der Waals surface area contributed by atoms with Crippen molar-refractivity contribution in [1.82, 2.24) is 4.90 Å². The molecule has 2 heterocycles. The van der Waals surface area contributed by atoms with Crippen molar-refractivity contribution in [2.45, 2.75) is 37.9 Å². The van der Waals surface area contributed by atoms with Gasteiger partial charge in [0.15, 0.2) is 0 Å². The normalized spacial score (nSPS) is 22.5. The molecule has 3 rings (SSSR count). The van der Waals surface area contributed by atoms with Gasteiger partial charge in [-0.05, 0) is 56.3 Å². The zero-order valence-corrected chi connectivity index (χ0v) is 14.3. The second kappa shape index (κ2) is 7.92. The van der Waals surface area contributed by atoms with E-state index in [0.717, 1.165) is 57.7 Å². The number of benzene rings is 1. The van der Waals surface area contributed by atoms with Crippen LogP contribution in [0.4, 0.5) is 23.2 Å². The van der Waals surface area contributed by atoms with Gasteiger partial charge in [-0.25, -0.2) is 4.39 Å². The predicted molar refractivity (Wildman–Crippen MR) is 88.2 cm³/mol. The van der Waals surface area contributed by atoms with Crippen molar-refractivity contribution >= 4 is 11.6 Å². The van der Waals surface area contributed by atoms with Crippen LogP contribution in [0.1, 0.15) is 31.2 Å². The lowest BCUT2D eigenvalue weighted by molar-refractivity contribution is -0.140. The number of hydrogen-bond donors (Lipinski definition) is 1. The highest BCUT2D eigenvalue weighted by Gasteiger charge is 2.35. The third kappa shape index (κ3) is 4.54. The lowest BCUT2D eigenvalue weighted by atomic mass is 9.99. The zero-order valence-electron chi connectivity index (χ0n) is 14.3. The number of carbonyl (C=O) groups excluding carboxylic acids is 1. The molecule has 2 aliphatic heterocycles. The second-order valence-electron chi connectivity index (χ2n) is 6.89. The van der Waals surface area contributed by atoms with Crippen LogP contribution in [0.5, 0.6) is 0 Å². The summed E-state index contributed by atoms with van der Waals surface area (Å²) in [5.41, 5.74) is -1.41. The quantitative estimate of drug-likeness (QED) is 0.818. The van der Waals surface area contributed by atoms with Gasteiger partial charge in [-0.2, -0.15) is 13.2 Å². The number of likely N-dealkylation sites (tertiary alicyclic amines) is 1. The van der Waals surface area contributed by atoms with E-state index in [0.29, 0.717) is 18.4 Å². The molecule has 8 heteroatoms. The van der Waals surface area contributed by atoms with Gasteiger partial charge in [0.2, 0.25) is 5.91 Å². The molecule has 0 radical (unpaired) electrons. The lowest BCUT2D eigenvalue weighted by Gasteiger charge is -2.30. The minimum atomic E-state index is -4.80. The van der Waals surface area contributed by atoms with Gasteiger partial charge in [0.05, 0.1) is 11.6 Å². The van der Waals surface area contributed by atoms with Gasteiger partial charge in [0.25, 0.3) is 0 Å². The van der Waals surface area contributed by atoms with Crippen molar-refractivity contribution in [3.63, 3.8) is 0 Å². The van der Waals surface area contributed by atoms with Crippen LogP contribution < -0.4 is 5.32 Å². The summed E-state index contributed by atoms with van der Waals surface area (Å²) in [5, 5.41) is 2.52. The third-order valence-electron chi connectivity index (χ3n) is 5.04. The number of carbonyl (C=O) groups is 1. The molecule has 0 aliphatic carbocycles. The Balaban J connectivity index is 1.65. The molecule has 0 saturated carbocycles. The molecule has 1 atom stereocenters. The third-order valence-corrected chi connectivity index (χ3v) is 5.04. The lowest BCUT2D eigenvalue weighted by Crippen LogP contribution is -2.42. The number of nitrogens with one attached hydrogen (secondary N) is 1. The minimum Gasteiger partial charge on any atom is -0.381 e. The SMILES string of the molecule is O=C(Nc1ccc(F)c(C(F)(F)F)c1)[C@@H]1CCCN1CC1CCOCC1. The Bertz CT molecular complexity index is 645. The van der Waals surface area contributed by atoms with E-state index in [2.05, 4.69) is 10.2 Å². The van der Waals surface area contributed by atoms with Crippen LogP contribution >= 0.6 is 0 Å². The molecule has 0 bridgehead atoms. The van der Waals surface area contributed by atoms with Crippen LogP contribution in [-0.4, -0.2) is 43.2 Å². The standard InChI is InChI=1S/C18H22F4N2O2/c19-15-4-3-13(10-14(15)18(20,21)22)23-17(25)16-2-1-7-24(16)11-12-5-8-26-9-6-12/h3-4,10,12,16H,1-2,5-9,11H2,(H,23,25)/t16-/m0/s1. The first-order valence-electron chi connectivity index (χ1n) is 8.84. The van der Waals surface area contributed by atoms with Crippen LogP contribution in [0.15, 0.2) is 18.2 Å². The first-order chi connectivity index (χ1) is 12.3. The molecule has 2 aliphatic rings. The Morgan fingerprint density at radius 2 is 1.96 bits per heavy atom. The minimum absolute atomic E-state index is 0.0401. The number of nitrogens with zero attached hydrogens (tertiary/aromatic N) is 1. The highest BCUT2D eigenvalue weighted by atomic mass is 19.4. The molecule has 1 aromatic carbocycles. The van der Waals surface area contributed by atoms with E-state index >= 15 is 0 Å². The van der Waals surface area contributed by atoms with Crippen molar-refractivity contribution in [1.29, 1.82) is 0 Å². The summed E-state index contributed by atoms with van der Waals surface area (Å²) in [6, 6.07) is 2.16. The van der Waals surface area contributed by atoms with Gasteiger partial charge >= 0.3 is 6.18 Å². The Morgan fingerprint density at radius 3 is 2.65 bits per heavy atom. The summed E-state index contributed by atoms with van der Waals surface area (Å²) >= 11 is 0. The van der Waals surface area contributed by atoms with Gasteiger partial charge in [-0.3, -0.25) is 9.69 Å². The van der Waals surface area contributed by atoms with E-state index in [9.17, 15) is 22.4 Å². The number of amides is 1. The fourth-order valence-electron chi connectivity index (χ4n) is 3.65. The molecule has 0 aromatic heterocycles. The molecule has 1 aromatic rings. The molecule has 26 heavy (non-hydrogen) atoms. The molecular formula is C18H22F4N2O2. The van der Waals surface area contributed by atoms with E-state index in [4.69, 9.17) is 4.74 Å². The number of halogens is 4. The van der Waals surface area contributed by atoms with E-state index < -0.39 is 17.6 Å². The van der Waals surface area contributed by atoms with Crippen molar-refractivity contribution in [3.8, 4) is 0 Å². The van der Waals surface area contributed by atoms with Crippen LogP contribution in [0, 0.1) is 11.7 Å². The number of hydrogen-bond acceptors (Lipinski definition) is 3. The second-order valence-corrected chi connectivity index (χ2v) is 6.89. The topological polar surface area (TPSA) is 41.6 Å². The Labute approximate surface area is 149 Å². The number of alkyl halides is 3. The zero-order chi connectivity index (χ0) is 18.7. The first-order valence-corrected chi connectivity index (χ1v) is 8.84. The largest absolute Gasteiger partial charge is 0.419 e. The van der Waals surface area contributed by atoms with Gasteiger partial charge in [-0.15, -0.1) is 0 Å². The van der Waals surface area contributed by atoms with Crippen LogP contribution in [0.2, 0.25) is 0 Å². The van der Waals surface area contributed by atoms with Crippen molar-refractivity contribution in [2.75, 3.05) is 31.6 Å². The smallest absolute Gasteiger partial charge is 0.381 e. The monoisotopic (exact) mass is 374 g/mol. The van der Waals surface area contributed by atoms with Crippen molar-refractivity contribution < 1.29 is 27.1 Å². The molecule has 1 N–H and O–H groups in total. The van der Waals surface area contributed by atoms with E-state index in [1.54, 1.807) is 0 Å². The highest BCUT2D eigenvalue weighted by molar-refractivity contribution is 5.95. The fraction of sp³-hybridized carbons (Fsp3) is 0.611. The maximum Gasteiger partial charge on any atom is 0.419 e. The molecule has 2 saturated heterocycles. The summed E-state index contributed by atoms with van der Waals surface area (Å²) in [6.07, 6.45) is -1.34. The number of anilines is 1. The first kappa shape index (κ1) is 19.1. The molecule has 0 unspecified atom stereocenters. The summed E-state index contributed by atoms with van der Waals surface area (Å²) in [4.78, 5) is 14.7. The van der Waals surface area contributed by atoms with Gasteiger partial charge in [0, 0.05) is 25.4 Å². The highest BCUT2D eigenvalue weighted by Crippen LogP contribution is 2.33. The van der Waals surface area contributed by atoms with Gasteiger partial charge < -0.3 is 10.1 Å². The molecule has 0 spiro atoms. The van der Waals surface area contributed by atoms with E-state index in [1.165, 1.54) is 0 Å². The van der Waals surface area contributed by atoms with E-state index in [-0.39, 0.29) is 17.6 Å². The molecular weight excluding hydrogens is 352 g/mol. The van der Waals surface area contributed by atoms with Crippen molar-refractivity contribution in [2.24, 2.45) is 5.92 Å². The van der Waals surface area contributed by atoms with E-state index in [1.807, 2.05) is 0 Å². The summed E-state index contributed by atoms with van der Waals surface area (Å²) in [5.74, 6) is -1.22. The van der Waals surface area contributed by atoms with Gasteiger partial charge in [0.1, 0.15) is 5.82 Å². The molecule has 4 nitrogen and oxygen atoms in total. The van der Waals surface area contributed by atoms with Crippen LogP contribution in [0.3, 0.4) is 0 Å². The summed E-state index contributed by atoms with van der Waals surface area (Å²) < 4.78 is 57.2. The Kier molecular flexibility index (Phi) is 5.82. The maximum absolute atomic E-state index is 13.4. The Morgan fingerprint density at radius 1 is 1.23 bits per heavy atom. The number of ether oxygens (including phenoxy) is 1. The summed E-state index contributed by atoms with van der Waals surface area (Å²) in [7, 11) is 0. The Hall–Kier alpha value is -1.67. The maximum atomic E-state index is 13.4. The van der Waals surface area contributed by atoms with Gasteiger partial charge in [-0.1, -0.05) is 0 Å². The van der Waals surface area contributed by atoms with Crippen LogP contribution in [0.25, 0.3) is 0 Å². The average Bonchev–Trinajstić information content (AvgIpc) is 3.05. The van der Waals surface area contributed by atoms with Crippen molar-refractivity contribution in [3.05, 3.63) is 29.6 Å². The molecule has 144 valence electrons. The summed E-state index contributed by atoms with van der Waals surface area (Å²) in [6.45, 7) is 3.04. The number of rotatable bonds is 4. The van der Waals surface area contributed by atoms with Crippen LogP contribution in [-0.2, 0) is 15.7 Å². The molecule has 1 amide bonds.